The van der Waals surface area contributed by atoms with Crippen LogP contribution in [0.1, 0.15) is 44.6 Å². The molecule has 1 aromatic rings. The maximum Gasteiger partial charge on any atom is 0.227 e. The lowest BCUT2D eigenvalue weighted by atomic mass is 9.85. The molecule has 3 N–H and O–H groups in total. The topological polar surface area (TPSA) is 65.5 Å². The minimum atomic E-state index is 0.150. The summed E-state index contributed by atoms with van der Waals surface area (Å²) in [4.78, 5) is 16.8. The van der Waals surface area contributed by atoms with E-state index in [9.17, 15) is 4.79 Å². The third-order valence-electron chi connectivity index (χ3n) is 4.50. The lowest BCUT2D eigenvalue weighted by molar-refractivity contribution is -0.122. The smallest absolute Gasteiger partial charge is 0.227 e. The maximum atomic E-state index is 12.1. The second kappa shape index (κ2) is 11.8. The predicted octanol–water partition coefficient (Wildman–Crippen LogP) is 3.62. The zero-order chi connectivity index (χ0) is 18.6. The number of anilines is 1. The van der Waals surface area contributed by atoms with Gasteiger partial charge >= 0.3 is 0 Å². The molecule has 0 atom stereocenters. The monoisotopic (exact) mass is 376 g/mol. The van der Waals surface area contributed by atoms with Crippen molar-refractivity contribution in [3.8, 4) is 0 Å². The van der Waals surface area contributed by atoms with Crippen molar-refractivity contribution in [1.82, 2.24) is 10.6 Å². The zero-order valence-corrected chi connectivity index (χ0v) is 16.8. The second-order valence-electron chi connectivity index (χ2n) is 6.64. The molecule has 2 rings (SSSR count). The van der Waals surface area contributed by atoms with Gasteiger partial charge in [-0.15, -0.1) is 0 Å². The summed E-state index contributed by atoms with van der Waals surface area (Å²) in [5, 5.41) is 9.70. The van der Waals surface area contributed by atoms with Crippen molar-refractivity contribution in [2.45, 2.75) is 45.6 Å². The molecular formula is C20H32N4OS. The molecule has 5 nitrogen and oxygen atoms in total. The van der Waals surface area contributed by atoms with Gasteiger partial charge in [0.2, 0.25) is 5.91 Å². The Morgan fingerprint density at radius 3 is 2.81 bits per heavy atom. The number of hydrogen-bond donors (Lipinski definition) is 3. The van der Waals surface area contributed by atoms with E-state index in [4.69, 9.17) is 0 Å². The Labute approximate surface area is 161 Å². The van der Waals surface area contributed by atoms with Crippen LogP contribution in [0.5, 0.6) is 0 Å². The van der Waals surface area contributed by atoms with Gasteiger partial charge in [-0.05, 0) is 62.3 Å². The molecule has 1 aliphatic rings. The highest BCUT2D eigenvalue weighted by Gasteiger charge is 2.25. The van der Waals surface area contributed by atoms with Gasteiger partial charge in [0.15, 0.2) is 5.96 Å². The van der Waals surface area contributed by atoms with Gasteiger partial charge in [-0.1, -0.05) is 18.6 Å². The predicted molar refractivity (Wildman–Crippen MR) is 113 cm³/mol. The molecule has 0 saturated heterocycles. The molecule has 1 aromatic carbocycles. The highest BCUT2D eigenvalue weighted by molar-refractivity contribution is 7.98. The van der Waals surface area contributed by atoms with Crippen LogP contribution in [-0.4, -0.2) is 37.0 Å². The van der Waals surface area contributed by atoms with E-state index < -0.39 is 0 Å². The van der Waals surface area contributed by atoms with Gasteiger partial charge < -0.3 is 16.0 Å². The van der Waals surface area contributed by atoms with Crippen LogP contribution in [0.25, 0.3) is 0 Å². The minimum absolute atomic E-state index is 0.150. The molecule has 0 aromatic heterocycles. The van der Waals surface area contributed by atoms with Crippen LogP contribution >= 0.6 is 11.8 Å². The molecule has 0 spiro atoms. The first-order valence-corrected chi connectivity index (χ1v) is 11.0. The van der Waals surface area contributed by atoms with E-state index in [-0.39, 0.29) is 11.8 Å². The minimum Gasteiger partial charge on any atom is -0.357 e. The van der Waals surface area contributed by atoms with Crippen LogP contribution in [0.4, 0.5) is 5.69 Å². The maximum absolute atomic E-state index is 12.1. The number of guanidine groups is 1. The summed E-state index contributed by atoms with van der Waals surface area (Å²) in [6.45, 7) is 4.44. The molecule has 144 valence electrons. The highest BCUT2D eigenvalue weighted by Crippen LogP contribution is 2.27. The van der Waals surface area contributed by atoms with Crippen molar-refractivity contribution in [3.05, 3.63) is 29.8 Å². The number of nitrogens with one attached hydrogen (secondary N) is 3. The zero-order valence-electron chi connectivity index (χ0n) is 16.0. The highest BCUT2D eigenvalue weighted by atomic mass is 32.2. The molecule has 0 unspecified atom stereocenters. The molecule has 1 aliphatic carbocycles. The van der Waals surface area contributed by atoms with Gasteiger partial charge in [-0.25, -0.2) is 4.99 Å². The first-order chi connectivity index (χ1) is 12.7. The van der Waals surface area contributed by atoms with Gasteiger partial charge in [-0.3, -0.25) is 4.79 Å². The fourth-order valence-electron chi connectivity index (χ4n) is 2.75. The summed E-state index contributed by atoms with van der Waals surface area (Å²) in [6.07, 6.45) is 7.71. The third kappa shape index (κ3) is 7.28. The number of hydrogen-bond acceptors (Lipinski definition) is 3. The largest absolute Gasteiger partial charge is 0.357 e. The molecule has 1 saturated carbocycles. The Kier molecular flexibility index (Phi) is 9.39. The van der Waals surface area contributed by atoms with Crippen LogP contribution < -0.4 is 16.0 Å². The number of carbonyl (C=O) groups is 1. The van der Waals surface area contributed by atoms with Gasteiger partial charge in [0.1, 0.15) is 0 Å². The second-order valence-corrected chi connectivity index (χ2v) is 7.62. The van der Waals surface area contributed by atoms with Crippen LogP contribution in [-0.2, 0) is 11.3 Å². The number of nitrogens with zero attached hydrogens (tertiary/aromatic N) is 1. The van der Waals surface area contributed by atoms with E-state index in [0.29, 0.717) is 6.54 Å². The van der Waals surface area contributed by atoms with Crippen molar-refractivity contribution >= 4 is 29.3 Å². The fraction of sp³-hybridized carbons (Fsp3) is 0.600. The third-order valence-corrected chi connectivity index (χ3v) is 5.20. The standard InChI is InChI=1S/C20H32N4OS/c1-3-21-20(22-12-4-5-13-26-2)23-15-16-8-6-11-18(14-16)24-19(25)17-9-7-10-17/h6,8,11,14,17H,3-5,7,9-10,12-13,15H2,1-2H3,(H,24,25)(H2,21,22,23). The molecule has 0 aliphatic heterocycles. The summed E-state index contributed by atoms with van der Waals surface area (Å²) in [5.41, 5.74) is 1.96. The Bertz CT molecular complexity index is 587. The normalized spacial score (nSPS) is 14.6. The van der Waals surface area contributed by atoms with E-state index in [2.05, 4.69) is 34.1 Å². The molecule has 0 bridgehead atoms. The number of thioether (sulfide) groups is 1. The lowest BCUT2D eigenvalue weighted by Crippen LogP contribution is -2.37. The number of aliphatic imine (C=N–C) groups is 1. The Hall–Kier alpha value is -1.69. The first-order valence-electron chi connectivity index (χ1n) is 9.64. The summed E-state index contributed by atoms with van der Waals surface area (Å²) in [7, 11) is 0. The quantitative estimate of drug-likeness (QED) is 0.331. The Morgan fingerprint density at radius 1 is 1.27 bits per heavy atom. The van der Waals surface area contributed by atoms with Crippen molar-refractivity contribution in [2.75, 3.05) is 30.4 Å². The van der Waals surface area contributed by atoms with E-state index in [1.165, 1.54) is 18.6 Å². The van der Waals surface area contributed by atoms with E-state index in [1.54, 1.807) is 0 Å². The van der Waals surface area contributed by atoms with Crippen LogP contribution in [0.2, 0.25) is 0 Å². The van der Waals surface area contributed by atoms with Crippen LogP contribution in [0.3, 0.4) is 0 Å². The molecule has 0 radical (unpaired) electrons. The molecule has 6 heteroatoms. The van der Waals surface area contributed by atoms with Gasteiger partial charge in [-0.2, -0.15) is 11.8 Å². The van der Waals surface area contributed by atoms with E-state index in [0.717, 1.165) is 49.6 Å². The Morgan fingerprint density at radius 2 is 2.12 bits per heavy atom. The van der Waals surface area contributed by atoms with Crippen LogP contribution in [0.15, 0.2) is 29.3 Å². The van der Waals surface area contributed by atoms with Gasteiger partial charge in [0, 0.05) is 24.7 Å². The summed E-state index contributed by atoms with van der Waals surface area (Å²) in [5.74, 6) is 2.40. The van der Waals surface area contributed by atoms with Crippen molar-refractivity contribution in [1.29, 1.82) is 0 Å². The average Bonchev–Trinajstić information content (AvgIpc) is 2.58. The molecule has 26 heavy (non-hydrogen) atoms. The van der Waals surface area contributed by atoms with Gasteiger partial charge in [0.25, 0.3) is 0 Å². The lowest BCUT2D eigenvalue weighted by Gasteiger charge is -2.24. The molecular weight excluding hydrogens is 344 g/mol. The van der Waals surface area contributed by atoms with Crippen LogP contribution in [0, 0.1) is 5.92 Å². The van der Waals surface area contributed by atoms with Crippen molar-refractivity contribution < 1.29 is 4.79 Å². The molecule has 1 fully saturated rings. The fourth-order valence-corrected chi connectivity index (χ4v) is 3.25. The number of benzene rings is 1. The summed E-state index contributed by atoms with van der Waals surface area (Å²) in [6, 6.07) is 7.98. The molecule has 0 heterocycles. The summed E-state index contributed by atoms with van der Waals surface area (Å²) >= 11 is 1.89. The van der Waals surface area contributed by atoms with Crippen molar-refractivity contribution in [3.63, 3.8) is 0 Å². The Balaban J connectivity index is 1.84. The van der Waals surface area contributed by atoms with E-state index in [1.807, 2.05) is 36.0 Å². The number of amides is 1. The average molecular weight is 377 g/mol. The van der Waals surface area contributed by atoms with Crippen molar-refractivity contribution in [2.24, 2.45) is 10.9 Å². The summed E-state index contributed by atoms with van der Waals surface area (Å²) < 4.78 is 0. The first kappa shape index (κ1) is 20.6. The molecule has 1 amide bonds. The number of unbranched alkanes of at least 4 members (excludes halogenated alkanes) is 1. The SMILES string of the molecule is CCNC(=NCc1cccc(NC(=O)C2CCC2)c1)NCCCCSC. The van der Waals surface area contributed by atoms with Gasteiger partial charge in [0.05, 0.1) is 6.54 Å². The van der Waals surface area contributed by atoms with E-state index >= 15 is 0 Å². The number of carbonyl (C=O) groups excluding carboxylic acids is 1. The number of rotatable bonds is 10.